The topological polar surface area (TPSA) is 58.0 Å². The summed E-state index contributed by atoms with van der Waals surface area (Å²) >= 11 is 3.24. The van der Waals surface area contributed by atoms with Crippen LogP contribution in [0.2, 0.25) is 0 Å². The van der Waals surface area contributed by atoms with Crippen molar-refractivity contribution in [1.82, 2.24) is 15.5 Å². The largest absolute Gasteiger partial charge is 0.394 e. The molecule has 0 aliphatic rings. The minimum Gasteiger partial charge on any atom is -0.394 e. The molecule has 0 radical (unpaired) electrons. The second kappa shape index (κ2) is 6.54. The number of aliphatic hydroxyl groups excluding tert-OH is 1. The van der Waals surface area contributed by atoms with Crippen molar-refractivity contribution in [1.29, 1.82) is 0 Å². The highest BCUT2D eigenvalue weighted by atomic mass is 32.2. The van der Waals surface area contributed by atoms with E-state index in [1.165, 1.54) is 0 Å². The average Bonchev–Trinajstić information content (AvgIpc) is 2.70. The van der Waals surface area contributed by atoms with Crippen LogP contribution in [0.3, 0.4) is 0 Å². The zero-order valence-corrected chi connectivity index (χ0v) is 11.6. The third-order valence-electron chi connectivity index (χ3n) is 2.17. The Balaban J connectivity index is 2.44. The summed E-state index contributed by atoms with van der Waals surface area (Å²) in [6.45, 7) is 7.16. The number of nitrogens with zero attached hydrogens (tertiary/aromatic N) is 2. The molecule has 0 saturated heterocycles. The van der Waals surface area contributed by atoms with E-state index in [1.807, 2.05) is 13.8 Å². The van der Waals surface area contributed by atoms with Gasteiger partial charge in [-0.3, -0.25) is 0 Å². The van der Waals surface area contributed by atoms with Gasteiger partial charge in [-0.25, -0.2) is 0 Å². The van der Waals surface area contributed by atoms with E-state index in [0.29, 0.717) is 0 Å². The lowest BCUT2D eigenvalue weighted by Crippen LogP contribution is -2.48. The van der Waals surface area contributed by atoms with E-state index in [4.69, 9.17) is 0 Å². The van der Waals surface area contributed by atoms with Crippen molar-refractivity contribution in [2.24, 2.45) is 0 Å². The molecule has 1 atom stereocenters. The molecule has 1 rings (SSSR count). The highest BCUT2D eigenvalue weighted by molar-refractivity contribution is 8.01. The Morgan fingerprint density at radius 1 is 1.50 bits per heavy atom. The second-order valence-electron chi connectivity index (χ2n) is 4.02. The molecule has 1 heterocycles. The van der Waals surface area contributed by atoms with E-state index < -0.39 is 0 Å². The quantitative estimate of drug-likeness (QED) is 0.732. The van der Waals surface area contributed by atoms with E-state index in [2.05, 4.69) is 22.4 Å². The van der Waals surface area contributed by atoms with Gasteiger partial charge >= 0.3 is 0 Å². The molecule has 16 heavy (non-hydrogen) atoms. The number of rotatable bonds is 7. The van der Waals surface area contributed by atoms with Gasteiger partial charge in [-0.15, -0.1) is 10.2 Å². The number of thioether (sulfide) groups is 1. The van der Waals surface area contributed by atoms with E-state index in [1.54, 1.807) is 23.1 Å². The Kier molecular flexibility index (Phi) is 5.68. The molecule has 0 aliphatic carbocycles. The molecule has 1 unspecified atom stereocenters. The zero-order chi connectivity index (χ0) is 12.0. The molecule has 2 N–H and O–H groups in total. The molecular weight excluding hydrogens is 242 g/mol. The van der Waals surface area contributed by atoms with Gasteiger partial charge in [0.2, 0.25) is 0 Å². The molecule has 1 aromatic heterocycles. The van der Waals surface area contributed by atoms with E-state index in [9.17, 15) is 5.11 Å². The first-order valence-electron chi connectivity index (χ1n) is 5.38. The summed E-state index contributed by atoms with van der Waals surface area (Å²) in [5.41, 5.74) is -0.236. The van der Waals surface area contributed by atoms with Crippen LogP contribution in [0.4, 0.5) is 0 Å². The van der Waals surface area contributed by atoms with Crippen LogP contribution in [0.5, 0.6) is 0 Å². The Labute approximate surface area is 105 Å². The summed E-state index contributed by atoms with van der Waals surface area (Å²) in [5.74, 6) is 0.804. The number of hydrogen-bond donors (Lipinski definition) is 2. The molecular formula is C10H19N3OS2. The number of aryl methyl sites for hydroxylation is 1. The molecule has 0 amide bonds. The van der Waals surface area contributed by atoms with E-state index >= 15 is 0 Å². The molecule has 0 spiro atoms. The smallest absolute Gasteiger partial charge is 0.174 e. The number of aromatic nitrogens is 2. The summed E-state index contributed by atoms with van der Waals surface area (Å²) in [5, 5.41) is 21.8. The van der Waals surface area contributed by atoms with Crippen LogP contribution in [0.15, 0.2) is 4.34 Å². The highest BCUT2D eigenvalue weighted by Crippen LogP contribution is 2.25. The fourth-order valence-electron chi connectivity index (χ4n) is 1.14. The first-order valence-corrected chi connectivity index (χ1v) is 7.18. The molecule has 92 valence electrons. The van der Waals surface area contributed by atoms with Gasteiger partial charge in [0, 0.05) is 11.3 Å². The second-order valence-corrected chi connectivity index (χ2v) is 6.43. The number of nitrogens with one attached hydrogen (secondary N) is 1. The molecule has 0 aromatic carbocycles. The van der Waals surface area contributed by atoms with Crippen LogP contribution >= 0.6 is 23.1 Å². The summed E-state index contributed by atoms with van der Waals surface area (Å²) in [7, 11) is 0. The zero-order valence-electron chi connectivity index (χ0n) is 9.99. The predicted octanol–water partition coefficient (Wildman–Crippen LogP) is 1.69. The summed E-state index contributed by atoms with van der Waals surface area (Å²) in [6, 6.07) is 0. The van der Waals surface area contributed by atoms with Crippen LogP contribution in [-0.2, 0) is 0 Å². The van der Waals surface area contributed by atoms with Gasteiger partial charge in [-0.05, 0) is 26.8 Å². The van der Waals surface area contributed by atoms with Crippen molar-refractivity contribution in [2.45, 2.75) is 37.1 Å². The first kappa shape index (κ1) is 13.9. The summed E-state index contributed by atoms with van der Waals surface area (Å²) < 4.78 is 0.968. The fraction of sp³-hybridized carbons (Fsp3) is 0.800. The van der Waals surface area contributed by atoms with Gasteiger partial charge < -0.3 is 10.4 Å². The Hall–Kier alpha value is -0.170. The molecule has 0 bridgehead atoms. The van der Waals surface area contributed by atoms with Crippen molar-refractivity contribution in [2.75, 3.05) is 18.9 Å². The van der Waals surface area contributed by atoms with Crippen LogP contribution in [0.1, 0.15) is 25.3 Å². The first-order chi connectivity index (χ1) is 7.59. The van der Waals surface area contributed by atoms with Crippen LogP contribution in [0, 0.1) is 6.92 Å². The van der Waals surface area contributed by atoms with Gasteiger partial charge in [0.15, 0.2) is 4.34 Å². The van der Waals surface area contributed by atoms with Crippen molar-refractivity contribution in [3.63, 3.8) is 0 Å². The minimum atomic E-state index is -0.236. The van der Waals surface area contributed by atoms with Crippen LogP contribution in [0.25, 0.3) is 0 Å². The van der Waals surface area contributed by atoms with E-state index in [-0.39, 0.29) is 12.1 Å². The molecule has 1 aromatic rings. The van der Waals surface area contributed by atoms with Gasteiger partial charge in [-0.1, -0.05) is 30.0 Å². The SMILES string of the molecule is CCCNC(C)(CO)CSc1nnc(C)s1. The lowest BCUT2D eigenvalue weighted by molar-refractivity contribution is 0.192. The van der Waals surface area contributed by atoms with Gasteiger partial charge in [0.05, 0.1) is 6.61 Å². The van der Waals surface area contributed by atoms with E-state index in [0.717, 1.165) is 28.1 Å². The molecule has 0 saturated carbocycles. The number of aliphatic hydroxyl groups is 1. The maximum atomic E-state index is 9.39. The lowest BCUT2D eigenvalue weighted by Gasteiger charge is -2.27. The Morgan fingerprint density at radius 3 is 2.75 bits per heavy atom. The molecule has 0 aliphatic heterocycles. The van der Waals surface area contributed by atoms with Crippen LogP contribution < -0.4 is 5.32 Å². The third-order valence-corrected chi connectivity index (χ3v) is 4.52. The van der Waals surface area contributed by atoms with Crippen molar-refractivity contribution >= 4 is 23.1 Å². The highest BCUT2D eigenvalue weighted by Gasteiger charge is 2.23. The Bertz CT molecular complexity index is 319. The summed E-state index contributed by atoms with van der Waals surface area (Å²) in [6.07, 6.45) is 1.07. The maximum Gasteiger partial charge on any atom is 0.174 e. The van der Waals surface area contributed by atoms with Crippen molar-refractivity contribution in [3.8, 4) is 0 Å². The normalized spacial score (nSPS) is 15.0. The van der Waals surface area contributed by atoms with Crippen LogP contribution in [-0.4, -0.2) is 39.7 Å². The number of hydrogen-bond acceptors (Lipinski definition) is 6. The average molecular weight is 261 g/mol. The minimum absolute atomic E-state index is 0.137. The monoisotopic (exact) mass is 261 g/mol. The molecule has 6 heteroatoms. The molecule has 4 nitrogen and oxygen atoms in total. The molecule has 0 fully saturated rings. The summed E-state index contributed by atoms with van der Waals surface area (Å²) in [4.78, 5) is 0. The van der Waals surface area contributed by atoms with Crippen molar-refractivity contribution in [3.05, 3.63) is 5.01 Å². The maximum absolute atomic E-state index is 9.39. The van der Waals surface area contributed by atoms with Gasteiger partial charge in [0.25, 0.3) is 0 Å². The standard InChI is InChI=1S/C10H19N3OS2/c1-4-5-11-10(3,6-14)7-15-9-13-12-8(2)16-9/h11,14H,4-7H2,1-3H3. The Morgan fingerprint density at radius 2 is 2.25 bits per heavy atom. The van der Waals surface area contributed by atoms with Gasteiger partial charge in [-0.2, -0.15) is 0 Å². The van der Waals surface area contributed by atoms with Gasteiger partial charge in [0.1, 0.15) is 5.01 Å². The predicted molar refractivity (Wildman–Crippen MR) is 69.2 cm³/mol. The van der Waals surface area contributed by atoms with Crippen molar-refractivity contribution < 1.29 is 5.11 Å². The fourth-order valence-corrected chi connectivity index (χ4v) is 3.06. The third kappa shape index (κ3) is 4.37. The lowest BCUT2D eigenvalue weighted by atomic mass is 10.1.